The second kappa shape index (κ2) is 8.11. The van der Waals surface area contributed by atoms with Gasteiger partial charge in [0.25, 0.3) is 5.91 Å². The van der Waals surface area contributed by atoms with E-state index in [9.17, 15) is 23.1 Å². The highest BCUT2D eigenvalue weighted by Gasteiger charge is 2.58. The van der Waals surface area contributed by atoms with Gasteiger partial charge in [-0.1, -0.05) is 11.6 Å². The molecule has 2 aromatic rings. The van der Waals surface area contributed by atoms with E-state index in [2.05, 4.69) is 15.0 Å². The smallest absolute Gasteiger partial charge is 0.480 e. The van der Waals surface area contributed by atoms with Crippen molar-refractivity contribution < 1.29 is 32.5 Å². The molecule has 4 saturated carbocycles. The summed E-state index contributed by atoms with van der Waals surface area (Å²) in [6, 6.07) is 4.93. The number of imidazole rings is 1. The van der Waals surface area contributed by atoms with Crippen molar-refractivity contribution in [3.05, 3.63) is 47.0 Å². The highest BCUT2D eigenvalue weighted by atomic mass is 35.5. The normalized spacial score (nSPS) is 35.5. The highest BCUT2D eigenvalue weighted by Crippen LogP contribution is 2.59. The number of carbonyl (C=O) groups is 1. The van der Waals surface area contributed by atoms with E-state index in [1.807, 2.05) is 10.8 Å². The number of rotatable bonds is 5. The first-order chi connectivity index (χ1) is 16.6. The van der Waals surface area contributed by atoms with Crippen LogP contribution in [-0.4, -0.2) is 45.2 Å². The Morgan fingerprint density at radius 1 is 1.26 bits per heavy atom. The summed E-state index contributed by atoms with van der Waals surface area (Å²) in [6.45, 7) is 0. The maximum Gasteiger partial charge on any atom is 0.522 e. The number of ether oxygens (including phenoxy) is 2. The summed E-state index contributed by atoms with van der Waals surface area (Å²) in [5, 5.41) is 14.1. The number of hydrogen-bond acceptors (Lipinski definition) is 5. The first-order valence-corrected chi connectivity index (χ1v) is 12.2. The van der Waals surface area contributed by atoms with E-state index in [0.29, 0.717) is 35.1 Å². The van der Waals surface area contributed by atoms with Crippen molar-refractivity contribution in [3.8, 4) is 5.75 Å². The molecule has 35 heavy (non-hydrogen) atoms. The van der Waals surface area contributed by atoms with Crippen LogP contribution in [0, 0.1) is 5.92 Å². The van der Waals surface area contributed by atoms with Gasteiger partial charge in [0.15, 0.2) is 6.10 Å². The van der Waals surface area contributed by atoms with Crippen LogP contribution in [0.4, 0.5) is 13.2 Å². The molecule has 4 aliphatic carbocycles. The van der Waals surface area contributed by atoms with E-state index in [0.717, 1.165) is 25.0 Å². The Morgan fingerprint density at radius 3 is 2.77 bits per heavy atom. The molecule has 0 radical (unpaired) electrons. The zero-order valence-electron chi connectivity index (χ0n) is 18.7. The molecule has 188 valence electrons. The molecule has 1 aromatic heterocycles. The molecule has 1 unspecified atom stereocenters. The van der Waals surface area contributed by atoms with Gasteiger partial charge in [0, 0.05) is 40.7 Å². The SMILES string of the molecule is O=C(NC1CC2(c3cn([C@H]4C[C@@H](OC(F)(F)F)C4)cn3)CC1C2)[C@H]1C[C@@H](O)c2cc(Cl)ccc2O1. The van der Waals surface area contributed by atoms with Crippen LogP contribution >= 0.6 is 11.6 Å². The molecule has 1 aromatic carbocycles. The lowest BCUT2D eigenvalue weighted by atomic mass is 9.68. The molecular formula is C24H25ClF3N3O4. The molecular weight excluding hydrogens is 487 g/mol. The summed E-state index contributed by atoms with van der Waals surface area (Å²) in [4.78, 5) is 17.5. The maximum absolute atomic E-state index is 13.0. The van der Waals surface area contributed by atoms with Gasteiger partial charge in [-0.2, -0.15) is 0 Å². The number of alkyl halides is 3. The fourth-order valence-corrected chi connectivity index (χ4v) is 6.38. The van der Waals surface area contributed by atoms with Crippen LogP contribution in [-0.2, 0) is 14.9 Å². The van der Waals surface area contributed by atoms with Gasteiger partial charge in [0.2, 0.25) is 0 Å². The predicted octanol–water partition coefficient (Wildman–Crippen LogP) is 4.20. The van der Waals surface area contributed by atoms with E-state index in [1.54, 1.807) is 24.5 Å². The third-order valence-electron chi connectivity index (χ3n) is 8.08. The summed E-state index contributed by atoms with van der Waals surface area (Å²) >= 11 is 6.00. The fourth-order valence-electron chi connectivity index (χ4n) is 6.20. The van der Waals surface area contributed by atoms with Crippen LogP contribution in [0.5, 0.6) is 5.75 Å². The number of nitrogens with zero attached hydrogens (tertiary/aromatic N) is 2. The largest absolute Gasteiger partial charge is 0.522 e. The molecule has 2 heterocycles. The molecule has 11 heteroatoms. The van der Waals surface area contributed by atoms with Crippen molar-refractivity contribution in [1.29, 1.82) is 0 Å². The van der Waals surface area contributed by atoms with Gasteiger partial charge in [-0.25, -0.2) is 4.98 Å². The molecule has 2 bridgehead atoms. The topological polar surface area (TPSA) is 85.6 Å². The number of aromatic nitrogens is 2. The highest BCUT2D eigenvalue weighted by molar-refractivity contribution is 6.30. The monoisotopic (exact) mass is 511 g/mol. The van der Waals surface area contributed by atoms with Crippen LogP contribution in [0.1, 0.15) is 61.9 Å². The van der Waals surface area contributed by atoms with Crippen LogP contribution in [0.25, 0.3) is 0 Å². The second-order valence-corrected chi connectivity index (χ2v) is 10.8. The molecule has 4 fully saturated rings. The molecule has 3 atom stereocenters. The first-order valence-electron chi connectivity index (χ1n) is 11.8. The van der Waals surface area contributed by atoms with E-state index in [4.69, 9.17) is 16.3 Å². The molecule has 1 aliphatic heterocycles. The summed E-state index contributed by atoms with van der Waals surface area (Å²) in [7, 11) is 0. The molecule has 0 saturated heterocycles. The lowest BCUT2D eigenvalue weighted by Crippen LogP contribution is -2.46. The predicted molar refractivity (Wildman–Crippen MR) is 118 cm³/mol. The third-order valence-corrected chi connectivity index (χ3v) is 8.31. The minimum atomic E-state index is -4.60. The van der Waals surface area contributed by atoms with Crippen molar-refractivity contribution in [3.63, 3.8) is 0 Å². The number of aliphatic hydroxyl groups excluding tert-OH is 1. The van der Waals surface area contributed by atoms with E-state index in [1.165, 1.54) is 0 Å². The molecule has 2 N–H and O–H groups in total. The number of benzene rings is 1. The van der Waals surface area contributed by atoms with Crippen molar-refractivity contribution in [1.82, 2.24) is 14.9 Å². The molecule has 5 aliphatic rings. The van der Waals surface area contributed by atoms with Crippen LogP contribution in [0.2, 0.25) is 5.02 Å². The van der Waals surface area contributed by atoms with E-state index < -0.39 is 24.7 Å². The van der Waals surface area contributed by atoms with Gasteiger partial charge in [-0.15, -0.1) is 13.2 Å². The van der Waals surface area contributed by atoms with Crippen LogP contribution in [0.15, 0.2) is 30.7 Å². The van der Waals surface area contributed by atoms with Crippen molar-refractivity contribution in [2.24, 2.45) is 5.92 Å². The number of fused-ring (bicyclic) bond motifs is 2. The first kappa shape index (κ1) is 23.1. The van der Waals surface area contributed by atoms with Crippen molar-refractivity contribution in [2.75, 3.05) is 0 Å². The Balaban J connectivity index is 1.05. The average Bonchev–Trinajstić information content (AvgIpc) is 3.43. The summed E-state index contributed by atoms with van der Waals surface area (Å²) in [5.74, 6) is 0.565. The Bertz CT molecular complexity index is 1140. The lowest BCUT2D eigenvalue weighted by Gasteiger charge is -2.38. The maximum atomic E-state index is 13.0. The lowest BCUT2D eigenvalue weighted by molar-refractivity contribution is -0.353. The fraction of sp³-hybridized carbons (Fsp3) is 0.583. The van der Waals surface area contributed by atoms with E-state index in [-0.39, 0.29) is 29.8 Å². The Labute approximate surface area is 204 Å². The molecule has 7 nitrogen and oxygen atoms in total. The summed E-state index contributed by atoms with van der Waals surface area (Å²) < 4.78 is 48.9. The summed E-state index contributed by atoms with van der Waals surface area (Å²) in [6.07, 6.45) is -0.00743. The Morgan fingerprint density at radius 2 is 2.03 bits per heavy atom. The van der Waals surface area contributed by atoms with Crippen LogP contribution in [0.3, 0.4) is 0 Å². The zero-order chi connectivity index (χ0) is 24.5. The van der Waals surface area contributed by atoms with Crippen molar-refractivity contribution >= 4 is 17.5 Å². The minimum absolute atomic E-state index is 0.00623. The average molecular weight is 512 g/mol. The number of aliphatic hydroxyl groups is 1. The molecule has 0 spiro atoms. The molecule has 1 amide bonds. The number of amides is 1. The number of carbonyl (C=O) groups excluding carboxylic acids is 1. The number of halogens is 4. The van der Waals surface area contributed by atoms with Gasteiger partial charge in [-0.3, -0.25) is 9.53 Å². The second-order valence-electron chi connectivity index (χ2n) is 10.3. The third kappa shape index (κ3) is 4.19. The van der Waals surface area contributed by atoms with Crippen molar-refractivity contribution in [2.45, 2.75) is 80.7 Å². The number of hydrogen-bond donors (Lipinski definition) is 2. The molecule has 7 rings (SSSR count). The summed E-state index contributed by atoms with van der Waals surface area (Å²) in [5.41, 5.74) is 1.40. The quantitative estimate of drug-likeness (QED) is 0.628. The van der Waals surface area contributed by atoms with Gasteiger partial charge in [-0.05, 0) is 56.2 Å². The number of nitrogens with one attached hydrogen (secondary N) is 1. The van der Waals surface area contributed by atoms with Crippen LogP contribution < -0.4 is 10.1 Å². The van der Waals surface area contributed by atoms with Gasteiger partial charge in [0.05, 0.1) is 24.2 Å². The van der Waals surface area contributed by atoms with Gasteiger partial charge in [0.1, 0.15) is 5.75 Å². The Hall–Kier alpha value is -2.30. The van der Waals surface area contributed by atoms with Gasteiger partial charge >= 0.3 is 6.36 Å². The zero-order valence-corrected chi connectivity index (χ0v) is 19.4. The van der Waals surface area contributed by atoms with Gasteiger partial charge < -0.3 is 19.7 Å². The standard InChI is InChI=1S/C24H25ClF3N3O4/c25-13-1-2-19-16(3-13)18(32)6-20(34-19)22(33)30-17-9-23(7-12(17)8-23)21-10-31(11-29-21)14-4-15(5-14)35-24(26,27)28/h1-3,10-12,14-15,17-18,20,32H,4-9H2,(H,30,33)/t12?,14-,15+,17?,18-,20-,23?/m1/s1. The minimum Gasteiger partial charge on any atom is -0.480 e. The Kier molecular flexibility index (Phi) is 5.36. The van der Waals surface area contributed by atoms with E-state index >= 15 is 0 Å².